The fourth-order valence-corrected chi connectivity index (χ4v) is 11.9. The van der Waals surface area contributed by atoms with E-state index in [0.717, 1.165) is 106 Å². The Bertz CT molecular complexity index is 3400. The molecule has 0 radical (unpaired) electrons. The summed E-state index contributed by atoms with van der Waals surface area (Å²) in [6.07, 6.45) is -4.84. The first kappa shape index (κ1) is 37.3. The molecule has 0 fully saturated rings. The van der Waals surface area contributed by atoms with Gasteiger partial charge in [0.1, 0.15) is 5.82 Å². The summed E-state index contributed by atoms with van der Waals surface area (Å²) in [5, 5.41) is 0. The SMILES string of the molecule is Fc1cccc(C(F)(F)F)c1N1c2ccc(-c3ccccc3)cc2B2c3ccc(-c4ccccc4)cc3N3c4cc(-c5ccccc5)ccc4B4c5ccccc5Sc5cc1c2c3c54. The molecule has 4 aliphatic heterocycles. The number of halogens is 4. The number of rotatable bonds is 4. The van der Waals surface area contributed by atoms with Crippen molar-refractivity contribution in [3.63, 3.8) is 0 Å². The predicted octanol–water partition coefficient (Wildman–Crippen LogP) is 11.2. The van der Waals surface area contributed by atoms with Crippen molar-refractivity contribution in [2.24, 2.45) is 0 Å². The minimum atomic E-state index is -4.84. The Balaban J connectivity index is 1.19. The van der Waals surface area contributed by atoms with Crippen LogP contribution in [0.1, 0.15) is 5.56 Å². The Morgan fingerprint density at radius 3 is 1.52 bits per heavy atom. The van der Waals surface area contributed by atoms with Crippen molar-refractivity contribution in [2.45, 2.75) is 16.0 Å². The normalized spacial score (nSPS) is 13.8. The van der Waals surface area contributed by atoms with E-state index in [4.69, 9.17) is 0 Å². The maximum Gasteiger partial charge on any atom is 0.418 e. The lowest BCUT2D eigenvalue weighted by Gasteiger charge is -2.49. The first-order valence-electron chi connectivity index (χ1n) is 21.3. The molecule has 2 nitrogen and oxygen atoms in total. The summed E-state index contributed by atoms with van der Waals surface area (Å²) < 4.78 is 62.7. The molecular weight excluding hydrogens is 818 g/mol. The van der Waals surface area contributed by atoms with Gasteiger partial charge in [-0.2, -0.15) is 13.2 Å². The summed E-state index contributed by atoms with van der Waals surface area (Å²) >= 11 is 1.63. The number of benzene rings is 9. The molecule has 0 N–H and O–H groups in total. The van der Waals surface area contributed by atoms with E-state index >= 15 is 17.6 Å². The first-order chi connectivity index (χ1) is 31.3. The summed E-state index contributed by atoms with van der Waals surface area (Å²) in [6.45, 7) is -0.586. The van der Waals surface area contributed by atoms with E-state index in [0.29, 0.717) is 11.4 Å². The molecule has 9 aromatic rings. The molecular formula is C55H32B2F4N2S. The zero-order chi connectivity index (χ0) is 42.8. The van der Waals surface area contributed by atoms with Gasteiger partial charge in [0.15, 0.2) is 0 Å². The number of hydrogen-bond acceptors (Lipinski definition) is 3. The van der Waals surface area contributed by atoms with Gasteiger partial charge in [0.2, 0.25) is 6.71 Å². The molecule has 0 bridgehead atoms. The summed E-state index contributed by atoms with van der Waals surface area (Å²) in [5.41, 5.74) is 14.7. The van der Waals surface area contributed by atoms with Gasteiger partial charge in [-0.1, -0.05) is 169 Å². The topological polar surface area (TPSA) is 6.48 Å². The second-order valence-corrected chi connectivity index (χ2v) is 17.9. The first-order valence-corrected chi connectivity index (χ1v) is 22.1. The fourth-order valence-electron chi connectivity index (χ4n) is 10.7. The van der Waals surface area contributed by atoms with E-state index in [1.54, 1.807) is 16.7 Å². The fraction of sp³-hybridized carbons (Fsp3) is 0.0182. The Labute approximate surface area is 372 Å². The van der Waals surface area contributed by atoms with Crippen LogP contribution < -0.4 is 42.6 Å². The molecule has 0 spiro atoms. The van der Waals surface area contributed by atoms with Crippen LogP contribution in [0.2, 0.25) is 0 Å². The number of alkyl halides is 3. The lowest BCUT2D eigenvalue weighted by atomic mass is 9.29. The van der Waals surface area contributed by atoms with Crippen LogP contribution in [0.5, 0.6) is 0 Å². The highest BCUT2D eigenvalue weighted by atomic mass is 32.2. The predicted molar refractivity (Wildman–Crippen MR) is 257 cm³/mol. The van der Waals surface area contributed by atoms with Crippen LogP contribution in [0.3, 0.4) is 0 Å². The molecule has 4 heterocycles. The third-order valence-corrected chi connectivity index (χ3v) is 14.5. The van der Waals surface area contributed by atoms with Crippen LogP contribution in [-0.4, -0.2) is 13.4 Å². The largest absolute Gasteiger partial charge is 0.418 e. The zero-order valence-electron chi connectivity index (χ0n) is 33.9. The van der Waals surface area contributed by atoms with Crippen LogP contribution in [-0.2, 0) is 6.18 Å². The second-order valence-electron chi connectivity index (χ2n) is 16.8. The molecule has 0 saturated carbocycles. The van der Waals surface area contributed by atoms with Gasteiger partial charge in [-0.25, -0.2) is 4.39 Å². The third kappa shape index (κ3) is 5.43. The molecule has 64 heavy (non-hydrogen) atoms. The molecule has 0 atom stereocenters. The Kier molecular flexibility index (Phi) is 8.10. The minimum absolute atomic E-state index is 0.173. The number of anilines is 6. The van der Waals surface area contributed by atoms with Gasteiger partial charge in [0.05, 0.1) is 11.3 Å². The highest BCUT2D eigenvalue weighted by Gasteiger charge is 2.51. The van der Waals surface area contributed by atoms with Gasteiger partial charge in [0.25, 0.3) is 6.71 Å². The number of para-hydroxylation sites is 1. The third-order valence-electron chi connectivity index (χ3n) is 13.4. The number of nitrogens with zero attached hydrogens (tertiary/aromatic N) is 2. The summed E-state index contributed by atoms with van der Waals surface area (Å²) in [4.78, 5) is 5.95. The maximum atomic E-state index is 16.8. The second kappa shape index (κ2) is 13.9. The van der Waals surface area contributed by atoms with E-state index < -0.39 is 30.0 Å². The van der Waals surface area contributed by atoms with Crippen molar-refractivity contribution >= 4 is 92.1 Å². The lowest BCUT2D eigenvalue weighted by molar-refractivity contribution is -0.137. The molecule has 9 heteroatoms. The molecule has 302 valence electrons. The Morgan fingerprint density at radius 1 is 0.375 bits per heavy atom. The molecule has 0 aromatic heterocycles. The maximum absolute atomic E-state index is 16.8. The van der Waals surface area contributed by atoms with E-state index in [9.17, 15) is 0 Å². The molecule has 0 amide bonds. The number of fused-ring (bicyclic) bond motifs is 10. The van der Waals surface area contributed by atoms with Crippen LogP contribution in [0.25, 0.3) is 33.4 Å². The highest BCUT2D eigenvalue weighted by molar-refractivity contribution is 8.00. The molecule has 9 aromatic carbocycles. The Hall–Kier alpha value is -7.22. The lowest BCUT2D eigenvalue weighted by Crippen LogP contribution is -2.68. The molecule has 13 rings (SSSR count). The molecule has 0 aliphatic carbocycles. The van der Waals surface area contributed by atoms with E-state index in [1.165, 1.54) is 5.46 Å². The molecule has 0 unspecified atom stereocenters. The van der Waals surface area contributed by atoms with Crippen LogP contribution in [0, 0.1) is 5.82 Å². The summed E-state index contributed by atoms with van der Waals surface area (Å²) in [7, 11) is 0. The highest BCUT2D eigenvalue weighted by Crippen LogP contribution is 2.51. The van der Waals surface area contributed by atoms with E-state index in [-0.39, 0.29) is 6.71 Å². The quantitative estimate of drug-likeness (QED) is 0.129. The van der Waals surface area contributed by atoms with E-state index in [2.05, 4.69) is 89.8 Å². The van der Waals surface area contributed by atoms with Crippen molar-refractivity contribution in [1.82, 2.24) is 0 Å². The van der Waals surface area contributed by atoms with Gasteiger partial charge in [0, 0.05) is 38.2 Å². The van der Waals surface area contributed by atoms with Gasteiger partial charge in [-0.05, 0) is 103 Å². The molecule has 0 saturated heterocycles. The number of hydrogen-bond donors (Lipinski definition) is 0. The standard InChI is InChI=1S/C55H32B2F4N2S/c58-44-21-12-19-39(55(59,60)61)53(44)62-45-28-25-36(33-13-4-1-5-14-33)29-43(45)57-41-27-24-38(35-17-8-3-9-18-35)31-47(41)63-46-30-37(34-15-6-2-7-16-34)23-26-40(46)56-42-20-10-11-22-49(42)64-50-32-48(62)51(57)54(63)52(50)56/h1-32H. The van der Waals surface area contributed by atoms with Crippen LogP contribution in [0.4, 0.5) is 51.7 Å². The van der Waals surface area contributed by atoms with Gasteiger partial charge >= 0.3 is 6.18 Å². The molecule has 4 aliphatic rings. The van der Waals surface area contributed by atoms with E-state index in [1.807, 2.05) is 91.0 Å². The summed E-state index contributed by atoms with van der Waals surface area (Å²) in [5.74, 6) is -0.945. The van der Waals surface area contributed by atoms with Crippen LogP contribution >= 0.6 is 11.8 Å². The van der Waals surface area contributed by atoms with Gasteiger partial charge < -0.3 is 9.80 Å². The van der Waals surface area contributed by atoms with Crippen molar-refractivity contribution in [1.29, 1.82) is 0 Å². The van der Waals surface area contributed by atoms with Gasteiger partial charge in [-0.15, -0.1) is 0 Å². The Morgan fingerprint density at radius 2 is 0.906 bits per heavy atom. The smallest absolute Gasteiger partial charge is 0.312 e. The monoisotopic (exact) mass is 850 g/mol. The van der Waals surface area contributed by atoms with Crippen LogP contribution in [0.15, 0.2) is 204 Å². The van der Waals surface area contributed by atoms with Crippen molar-refractivity contribution in [3.05, 3.63) is 206 Å². The zero-order valence-corrected chi connectivity index (χ0v) is 34.8. The summed E-state index contributed by atoms with van der Waals surface area (Å²) in [6, 6.07) is 63.8. The van der Waals surface area contributed by atoms with Crippen molar-refractivity contribution in [3.8, 4) is 33.4 Å². The minimum Gasteiger partial charge on any atom is -0.312 e. The van der Waals surface area contributed by atoms with Crippen molar-refractivity contribution in [2.75, 3.05) is 9.80 Å². The van der Waals surface area contributed by atoms with Gasteiger partial charge in [-0.3, -0.25) is 0 Å². The average molecular weight is 851 g/mol. The average Bonchev–Trinajstić information content (AvgIpc) is 3.33. The van der Waals surface area contributed by atoms with Crippen molar-refractivity contribution < 1.29 is 17.6 Å².